The molecule has 1 heterocycles. The van der Waals surface area contributed by atoms with E-state index in [4.69, 9.17) is 4.74 Å². The van der Waals surface area contributed by atoms with Crippen LogP contribution in [0, 0.1) is 6.92 Å². The van der Waals surface area contributed by atoms with Crippen molar-refractivity contribution in [1.29, 1.82) is 0 Å². The smallest absolute Gasteiger partial charge is 0.361 e. The Morgan fingerprint density at radius 1 is 1.15 bits per heavy atom. The molecule has 0 saturated carbocycles. The molecule has 0 saturated heterocycles. The van der Waals surface area contributed by atoms with Crippen LogP contribution in [0.5, 0.6) is 0 Å². The lowest BCUT2D eigenvalue weighted by Gasteiger charge is -2.19. The maximum absolute atomic E-state index is 12.3. The minimum atomic E-state index is -0.739. The zero-order valence-electron chi connectivity index (χ0n) is 15.6. The topological polar surface area (TPSA) is 106 Å². The maximum Gasteiger partial charge on any atom is 0.361 e. The van der Waals surface area contributed by atoms with E-state index in [2.05, 4.69) is 15.5 Å². The average molecular weight is 373 g/mol. The van der Waals surface area contributed by atoms with E-state index < -0.39 is 18.5 Å². The molecular formula is C18H23N5O4. The van der Waals surface area contributed by atoms with E-state index in [0.717, 1.165) is 0 Å². The van der Waals surface area contributed by atoms with Crippen LogP contribution < -0.4 is 5.32 Å². The molecule has 1 aromatic carbocycles. The van der Waals surface area contributed by atoms with Crippen LogP contribution in [0.1, 0.15) is 30.0 Å². The number of rotatable bonds is 8. The highest BCUT2D eigenvalue weighted by molar-refractivity contribution is 5.91. The third-order valence-electron chi connectivity index (χ3n) is 3.73. The number of esters is 1. The zero-order valence-corrected chi connectivity index (χ0v) is 15.6. The van der Waals surface area contributed by atoms with Crippen molar-refractivity contribution >= 4 is 17.8 Å². The summed E-state index contributed by atoms with van der Waals surface area (Å²) in [6.45, 7) is 5.44. The van der Waals surface area contributed by atoms with Crippen molar-refractivity contribution in [1.82, 2.24) is 25.2 Å². The Hall–Kier alpha value is -3.23. The van der Waals surface area contributed by atoms with Crippen LogP contribution in [-0.2, 0) is 14.3 Å². The Bertz CT molecular complexity index is 803. The van der Waals surface area contributed by atoms with Gasteiger partial charge in [-0.3, -0.25) is 9.59 Å². The summed E-state index contributed by atoms with van der Waals surface area (Å²) in [5.41, 5.74) is 1.14. The molecule has 0 fully saturated rings. The molecule has 1 N–H and O–H groups in total. The predicted octanol–water partition coefficient (Wildman–Crippen LogP) is 0.717. The molecule has 0 aliphatic heterocycles. The average Bonchev–Trinajstić information content (AvgIpc) is 3.06. The van der Waals surface area contributed by atoms with Crippen LogP contribution in [0.2, 0.25) is 0 Å². The first-order valence-corrected chi connectivity index (χ1v) is 8.67. The second-order valence-corrected chi connectivity index (χ2v) is 5.70. The molecule has 27 heavy (non-hydrogen) atoms. The highest BCUT2D eigenvalue weighted by Crippen LogP contribution is 2.09. The molecule has 144 valence electrons. The number of benzene rings is 1. The van der Waals surface area contributed by atoms with Crippen LogP contribution >= 0.6 is 0 Å². The lowest BCUT2D eigenvalue weighted by molar-refractivity contribution is -0.138. The molecule has 0 aliphatic rings. The fourth-order valence-corrected chi connectivity index (χ4v) is 2.33. The van der Waals surface area contributed by atoms with E-state index in [1.54, 1.807) is 32.9 Å². The highest BCUT2D eigenvalue weighted by atomic mass is 16.5. The number of likely N-dealkylation sites (N-methyl/N-ethyl adjacent to an activating group) is 2. The Morgan fingerprint density at radius 2 is 1.85 bits per heavy atom. The zero-order chi connectivity index (χ0) is 19.8. The fraction of sp³-hybridized carbons (Fsp3) is 0.389. The summed E-state index contributed by atoms with van der Waals surface area (Å²) in [6, 6.07) is 9.13. The van der Waals surface area contributed by atoms with Gasteiger partial charge in [-0.2, -0.15) is 9.90 Å². The van der Waals surface area contributed by atoms with Gasteiger partial charge in [0.1, 0.15) is 0 Å². The molecule has 2 aromatic rings. The van der Waals surface area contributed by atoms with Gasteiger partial charge >= 0.3 is 5.97 Å². The van der Waals surface area contributed by atoms with E-state index in [1.165, 1.54) is 9.70 Å². The van der Waals surface area contributed by atoms with Gasteiger partial charge in [0, 0.05) is 13.1 Å². The molecule has 0 bridgehead atoms. The Kier molecular flexibility index (Phi) is 7.04. The summed E-state index contributed by atoms with van der Waals surface area (Å²) in [5, 5.41) is 11.0. The normalized spacial score (nSPS) is 10.3. The second kappa shape index (κ2) is 9.46. The first kappa shape index (κ1) is 20.1. The molecule has 9 heteroatoms. The van der Waals surface area contributed by atoms with Crippen molar-refractivity contribution in [2.75, 3.05) is 26.2 Å². The van der Waals surface area contributed by atoms with Crippen molar-refractivity contribution in [3.63, 3.8) is 0 Å². The minimum Gasteiger partial charge on any atom is -0.451 e. The van der Waals surface area contributed by atoms with E-state index in [-0.39, 0.29) is 18.1 Å². The molecule has 2 amide bonds. The van der Waals surface area contributed by atoms with E-state index in [1.807, 2.05) is 18.2 Å². The lowest BCUT2D eigenvalue weighted by Crippen LogP contribution is -2.42. The molecule has 0 radical (unpaired) electrons. The van der Waals surface area contributed by atoms with Gasteiger partial charge in [-0.25, -0.2) is 4.79 Å². The molecule has 9 nitrogen and oxygen atoms in total. The van der Waals surface area contributed by atoms with Gasteiger partial charge in [0.2, 0.25) is 5.91 Å². The molecule has 1 aromatic heterocycles. The first-order chi connectivity index (χ1) is 13.0. The Morgan fingerprint density at radius 3 is 2.48 bits per heavy atom. The summed E-state index contributed by atoms with van der Waals surface area (Å²) in [5.74, 6) is -1.46. The van der Waals surface area contributed by atoms with Crippen molar-refractivity contribution in [3.8, 4) is 5.69 Å². The van der Waals surface area contributed by atoms with Gasteiger partial charge in [0.25, 0.3) is 5.91 Å². The number of aromatic nitrogens is 3. The molecule has 0 unspecified atom stereocenters. The summed E-state index contributed by atoms with van der Waals surface area (Å²) < 4.78 is 5.07. The third kappa shape index (κ3) is 5.37. The van der Waals surface area contributed by atoms with Gasteiger partial charge in [0.15, 0.2) is 12.3 Å². The number of amides is 2. The molecular weight excluding hydrogens is 350 g/mol. The number of carbonyl (C=O) groups excluding carboxylic acids is 3. The monoisotopic (exact) mass is 373 g/mol. The summed E-state index contributed by atoms with van der Waals surface area (Å²) >= 11 is 0. The summed E-state index contributed by atoms with van der Waals surface area (Å²) in [4.78, 5) is 38.7. The van der Waals surface area contributed by atoms with Crippen molar-refractivity contribution in [2.24, 2.45) is 0 Å². The quantitative estimate of drug-likeness (QED) is 0.683. The van der Waals surface area contributed by atoms with Gasteiger partial charge in [-0.05, 0) is 32.9 Å². The van der Waals surface area contributed by atoms with Crippen LogP contribution in [0.3, 0.4) is 0 Å². The number of aryl methyl sites for hydroxylation is 1. The van der Waals surface area contributed by atoms with Crippen LogP contribution in [-0.4, -0.2) is 63.9 Å². The van der Waals surface area contributed by atoms with Gasteiger partial charge < -0.3 is 15.0 Å². The molecule has 0 spiro atoms. The first-order valence-electron chi connectivity index (χ1n) is 8.67. The van der Waals surface area contributed by atoms with Gasteiger partial charge in [-0.1, -0.05) is 18.2 Å². The predicted molar refractivity (Wildman–Crippen MR) is 97.3 cm³/mol. The van der Waals surface area contributed by atoms with Crippen LogP contribution in [0.15, 0.2) is 30.3 Å². The SMILES string of the molecule is CCNC(=O)CN(CC)C(=O)COC(=O)c1nn(-c2ccccc2)nc1C. The van der Waals surface area contributed by atoms with Gasteiger partial charge in [0.05, 0.1) is 17.9 Å². The minimum absolute atomic E-state index is 0.0402. The van der Waals surface area contributed by atoms with Gasteiger partial charge in [-0.15, -0.1) is 5.10 Å². The summed E-state index contributed by atoms with van der Waals surface area (Å²) in [6.07, 6.45) is 0. The molecule has 0 aliphatic carbocycles. The number of hydrogen-bond donors (Lipinski definition) is 1. The number of para-hydroxylation sites is 1. The standard InChI is InChI=1S/C18H23N5O4/c1-4-19-15(24)11-22(5-2)16(25)12-27-18(26)17-13(3)20-23(21-17)14-9-7-6-8-10-14/h6-10H,4-5,11-12H2,1-3H3,(H,19,24). The van der Waals surface area contributed by atoms with Crippen molar-refractivity contribution in [3.05, 3.63) is 41.7 Å². The number of carbonyl (C=O) groups is 3. The number of nitrogens with one attached hydrogen (secondary N) is 1. The largest absolute Gasteiger partial charge is 0.451 e. The number of hydrogen-bond acceptors (Lipinski definition) is 6. The highest BCUT2D eigenvalue weighted by Gasteiger charge is 2.21. The molecule has 0 atom stereocenters. The summed E-state index contributed by atoms with van der Waals surface area (Å²) in [7, 11) is 0. The van der Waals surface area contributed by atoms with Crippen LogP contribution in [0.4, 0.5) is 0 Å². The fourth-order valence-electron chi connectivity index (χ4n) is 2.33. The number of ether oxygens (including phenoxy) is 1. The van der Waals surface area contributed by atoms with E-state index in [9.17, 15) is 14.4 Å². The van der Waals surface area contributed by atoms with E-state index >= 15 is 0 Å². The number of nitrogens with zero attached hydrogens (tertiary/aromatic N) is 4. The van der Waals surface area contributed by atoms with E-state index in [0.29, 0.717) is 24.5 Å². The maximum atomic E-state index is 12.3. The Balaban J connectivity index is 1.98. The molecule has 2 rings (SSSR count). The third-order valence-corrected chi connectivity index (χ3v) is 3.73. The van der Waals surface area contributed by atoms with Crippen molar-refractivity contribution in [2.45, 2.75) is 20.8 Å². The lowest BCUT2D eigenvalue weighted by atomic mass is 10.3. The second-order valence-electron chi connectivity index (χ2n) is 5.70. The Labute approximate surface area is 157 Å². The van der Waals surface area contributed by atoms with Crippen LogP contribution in [0.25, 0.3) is 5.69 Å². The van der Waals surface area contributed by atoms with Crippen molar-refractivity contribution < 1.29 is 19.1 Å².